The third-order valence-corrected chi connectivity index (χ3v) is 7.52. The van der Waals surface area contributed by atoms with Crippen molar-refractivity contribution >= 4 is 67.3 Å². The molecule has 1 heterocycles. The van der Waals surface area contributed by atoms with Crippen LogP contribution in [0, 0.1) is 0 Å². The van der Waals surface area contributed by atoms with E-state index in [1.807, 2.05) is 18.2 Å². The number of nitrogens with one attached hydrogen (secondary N) is 1. The van der Waals surface area contributed by atoms with E-state index >= 15 is 0 Å². The summed E-state index contributed by atoms with van der Waals surface area (Å²) in [6.07, 6.45) is 0. The van der Waals surface area contributed by atoms with Gasteiger partial charge in [-0.05, 0) is 46.7 Å². The number of nitrogens with zero attached hydrogens (tertiary/aromatic N) is 1. The van der Waals surface area contributed by atoms with Crippen molar-refractivity contribution in [3.05, 3.63) is 101 Å². The average molecular weight is 461 g/mol. The smallest absolute Gasteiger partial charge is 0.257 e. The molecule has 0 bridgehead atoms. The molecule has 0 unspecified atom stereocenters. The first kappa shape index (κ1) is 20.1. The van der Waals surface area contributed by atoms with Crippen LogP contribution in [0.1, 0.15) is 15.9 Å². The molecule has 0 aliphatic heterocycles. The lowest BCUT2D eigenvalue weighted by Crippen LogP contribution is -2.12. The second kappa shape index (κ2) is 8.71. The predicted molar refractivity (Wildman–Crippen MR) is 133 cm³/mol. The summed E-state index contributed by atoms with van der Waals surface area (Å²) in [5.74, 6) is 0.636. The molecular formula is C25H17ClN2OS2. The van der Waals surface area contributed by atoms with Crippen molar-refractivity contribution < 1.29 is 4.79 Å². The summed E-state index contributed by atoms with van der Waals surface area (Å²) < 4.78 is 2.05. The summed E-state index contributed by atoms with van der Waals surface area (Å²) in [6, 6.07) is 27.7. The molecule has 0 aliphatic rings. The highest BCUT2D eigenvalue weighted by molar-refractivity contribution is 8.00. The van der Waals surface area contributed by atoms with E-state index in [-0.39, 0.29) is 5.91 Å². The number of hydrogen-bond acceptors (Lipinski definition) is 4. The van der Waals surface area contributed by atoms with Crippen molar-refractivity contribution in [1.29, 1.82) is 0 Å². The Bertz CT molecular complexity index is 1410. The van der Waals surface area contributed by atoms with Gasteiger partial charge in [0, 0.05) is 11.4 Å². The molecule has 1 amide bonds. The number of thioether (sulfide) groups is 1. The molecule has 5 aromatic rings. The van der Waals surface area contributed by atoms with Crippen LogP contribution in [0.4, 0.5) is 5.69 Å². The molecular weight excluding hydrogens is 444 g/mol. The van der Waals surface area contributed by atoms with E-state index in [1.165, 1.54) is 16.3 Å². The molecule has 4 aromatic carbocycles. The molecule has 0 spiro atoms. The maximum Gasteiger partial charge on any atom is 0.257 e. The van der Waals surface area contributed by atoms with Gasteiger partial charge in [-0.1, -0.05) is 78.0 Å². The fraction of sp³-hybridized carbons (Fsp3) is 0.0400. The Morgan fingerprint density at radius 3 is 2.68 bits per heavy atom. The molecule has 0 fully saturated rings. The van der Waals surface area contributed by atoms with Gasteiger partial charge >= 0.3 is 0 Å². The second-order valence-electron chi connectivity index (χ2n) is 7.02. The highest BCUT2D eigenvalue weighted by Gasteiger charge is 2.12. The lowest BCUT2D eigenvalue weighted by atomic mass is 10.1. The minimum absolute atomic E-state index is 0.222. The molecule has 0 saturated heterocycles. The topological polar surface area (TPSA) is 42.0 Å². The van der Waals surface area contributed by atoms with Crippen molar-refractivity contribution in [2.75, 3.05) is 5.32 Å². The van der Waals surface area contributed by atoms with Crippen LogP contribution < -0.4 is 5.32 Å². The maximum absolute atomic E-state index is 12.5. The third kappa shape index (κ3) is 4.30. The Hall–Kier alpha value is -2.86. The van der Waals surface area contributed by atoms with E-state index < -0.39 is 0 Å². The number of thiazole rings is 1. The van der Waals surface area contributed by atoms with Crippen LogP contribution in [0.2, 0.25) is 5.02 Å². The Morgan fingerprint density at radius 1 is 0.968 bits per heavy atom. The number of fused-ring (bicyclic) bond motifs is 2. The number of carbonyl (C=O) groups is 1. The van der Waals surface area contributed by atoms with E-state index in [2.05, 4.69) is 47.8 Å². The minimum Gasteiger partial charge on any atom is -0.322 e. The van der Waals surface area contributed by atoms with Crippen molar-refractivity contribution in [3.8, 4) is 0 Å². The summed E-state index contributed by atoms with van der Waals surface area (Å²) >= 11 is 9.51. The summed E-state index contributed by atoms with van der Waals surface area (Å²) in [5, 5.41) is 5.90. The lowest BCUT2D eigenvalue weighted by molar-refractivity contribution is 0.102. The highest BCUT2D eigenvalue weighted by atomic mass is 35.5. The van der Waals surface area contributed by atoms with Gasteiger partial charge < -0.3 is 5.32 Å². The number of aromatic nitrogens is 1. The normalized spacial score (nSPS) is 11.1. The van der Waals surface area contributed by atoms with Crippen LogP contribution in [0.3, 0.4) is 0 Å². The van der Waals surface area contributed by atoms with Gasteiger partial charge in [0.25, 0.3) is 5.91 Å². The molecule has 31 heavy (non-hydrogen) atoms. The highest BCUT2D eigenvalue weighted by Crippen LogP contribution is 2.34. The van der Waals surface area contributed by atoms with Crippen molar-refractivity contribution in [2.24, 2.45) is 0 Å². The van der Waals surface area contributed by atoms with Crippen molar-refractivity contribution in [3.63, 3.8) is 0 Å². The maximum atomic E-state index is 12.5. The van der Waals surface area contributed by atoms with E-state index in [9.17, 15) is 4.79 Å². The standard InChI is InChI=1S/C25H17ClN2OS2/c26-21-11-4-3-10-20(21)24(29)27-18-12-13-22-23(14-18)31-25(28-22)30-15-17-8-5-7-16-6-1-2-9-19(16)17/h1-14H,15H2,(H,27,29). The average Bonchev–Trinajstić information content (AvgIpc) is 3.20. The van der Waals surface area contributed by atoms with Gasteiger partial charge in [0.15, 0.2) is 4.34 Å². The van der Waals surface area contributed by atoms with E-state index in [0.29, 0.717) is 10.6 Å². The van der Waals surface area contributed by atoms with E-state index in [1.54, 1.807) is 47.4 Å². The van der Waals surface area contributed by atoms with Gasteiger partial charge in [-0.2, -0.15) is 0 Å². The number of anilines is 1. The van der Waals surface area contributed by atoms with Crippen LogP contribution >= 0.6 is 34.7 Å². The Morgan fingerprint density at radius 2 is 1.77 bits per heavy atom. The molecule has 6 heteroatoms. The van der Waals surface area contributed by atoms with Gasteiger partial charge in [-0.25, -0.2) is 4.98 Å². The van der Waals surface area contributed by atoms with Crippen LogP contribution in [0.25, 0.3) is 21.0 Å². The lowest BCUT2D eigenvalue weighted by Gasteiger charge is -2.06. The quantitative estimate of drug-likeness (QED) is 0.274. The number of hydrogen-bond donors (Lipinski definition) is 1. The number of halogens is 1. The minimum atomic E-state index is -0.222. The van der Waals surface area contributed by atoms with Crippen LogP contribution in [0.5, 0.6) is 0 Å². The van der Waals surface area contributed by atoms with Gasteiger partial charge in [0.2, 0.25) is 0 Å². The number of carbonyl (C=O) groups excluding carboxylic acids is 1. The van der Waals surface area contributed by atoms with Crippen LogP contribution in [0.15, 0.2) is 89.3 Å². The first-order chi connectivity index (χ1) is 15.2. The third-order valence-electron chi connectivity index (χ3n) is 4.98. The molecule has 5 rings (SSSR count). The summed E-state index contributed by atoms with van der Waals surface area (Å²) in [6.45, 7) is 0. The molecule has 0 radical (unpaired) electrons. The SMILES string of the molecule is O=C(Nc1ccc2nc(SCc3cccc4ccccc34)sc2c1)c1ccccc1Cl. The number of amides is 1. The first-order valence-corrected chi connectivity index (χ1v) is 11.9. The molecule has 1 N–H and O–H groups in total. The summed E-state index contributed by atoms with van der Waals surface area (Å²) in [7, 11) is 0. The first-order valence-electron chi connectivity index (χ1n) is 9.73. The zero-order chi connectivity index (χ0) is 21.2. The molecule has 3 nitrogen and oxygen atoms in total. The van der Waals surface area contributed by atoms with Crippen LogP contribution in [-0.4, -0.2) is 10.9 Å². The zero-order valence-corrected chi connectivity index (χ0v) is 18.7. The fourth-order valence-corrected chi connectivity index (χ4v) is 5.78. The summed E-state index contributed by atoms with van der Waals surface area (Å²) in [5.41, 5.74) is 3.42. The Labute approximate surface area is 193 Å². The van der Waals surface area contributed by atoms with Gasteiger partial charge in [0.1, 0.15) is 0 Å². The van der Waals surface area contributed by atoms with Crippen molar-refractivity contribution in [2.45, 2.75) is 10.1 Å². The molecule has 0 saturated carbocycles. The van der Waals surface area contributed by atoms with E-state index in [4.69, 9.17) is 16.6 Å². The second-order valence-corrected chi connectivity index (χ2v) is 9.68. The van der Waals surface area contributed by atoms with Crippen LogP contribution in [-0.2, 0) is 5.75 Å². The molecule has 152 valence electrons. The largest absolute Gasteiger partial charge is 0.322 e. The Balaban J connectivity index is 1.33. The van der Waals surface area contributed by atoms with Gasteiger partial charge in [-0.15, -0.1) is 11.3 Å². The van der Waals surface area contributed by atoms with E-state index in [0.717, 1.165) is 26.0 Å². The fourth-order valence-electron chi connectivity index (χ4n) is 3.44. The molecule has 0 aliphatic carbocycles. The number of benzene rings is 4. The number of rotatable bonds is 5. The molecule has 0 atom stereocenters. The van der Waals surface area contributed by atoms with Crippen molar-refractivity contribution in [1.82, 2.24) is 4.98 Å². The molecule has 1 aromatic heterocycles. The Kier molecular flexibility index (Phi) is 5.64. The zero-order valence-electron chi connectivity index (χ0n) is 16.3. The summed E-state index contributed by atoms with van der Waals surface area (Å²) in [4.78, 5) is 17.3. The van der Waals surface area contributed by atoms with Gasteiger partial charge in [0.05, 0.1) is 20.8 Å². The monoisotopic (exact) mass is 460 g/mol. The van der Waals surface area contributed by atoms with Gasteiger partial charge in [-0.3, -0.25) is 4.79 Å². The predicted octanol–water partition coefficient (Wildman–Crippen LogP) is 7.65.